The first-order valence-electron chi connectivity index (χ1n) is 9.84. The average Bonchev–Trinajstić information content (AvgIpc) is 3.12. The monoisotopic (exact) mass is 466 g/mol. The Morgan fingerprint density at radius 2 is 1.69 bits per heavy atom. The van der Waals surface area contributed by atoms with Crippen molar-refractivity contribution in [3.8, 4) is 22.4 Å². The van der Waals surface area contributed by atoms with Crippen LogP contribution in [-0.4, -0.2) is 14.8 Å². The number of imidazole rings is 1. The zero-order chi connectivity index (χ0) is 20.1. The molecular formula is C24H20BrClN2O. The molecule has 4 aromatic rings. The lowest BCUT2D eigenvalue weighted by molar-refractivity contribution is 0.101. The van der Waals surface area contributed by atoms with Gasteiger partial charge >= 0.3 is 0 Å². The topological polar surface area (TPSA) is 26.4 Å². The number of hydrogen-bond acceptors (Lipinski definition) is 1. The van der Waals surface area contributed by atoms with Gasteiger partial charge in [0.1, 0.15) is 5.65 Å². The molecule has 0 unspecified atom stereocenters. The number of aryl methyl sites for hydroxylation is 2. The van der Waals surface area contributed by atoms with Gasteiger partial charge in [0, 0.05) is 40.3 Å². The Morgan fingerprint density at radius 1 is 1.00 bits per heavy atom. The minimum absolute atomic E-state index is 0.0799. The van der Waals surface area contributed by atoms with Gasteiger partial charge in [0.25, 0.3) is 0 Å². The summed E-state index contributed by atoms with van der Waals surface area (Å²) in [5.74, 6) is 0.0799. The molecule has 0 saturated heterocycles. The van der Waals surface area contributed by atoms with Crippen LogP contribution in [0.4, 0.5) is 0 Å². The van der Waals surface area contributed by atoms with E-state index in [2.05, 4.69) is 55.4 Å². The lowest BCUT2D eigenvalue weighted by Gasteiger charge is -2.09. The van der Waals surface area contributed by atoms with Gasteiger partial charge in [0.05, 0.1) is 11.4 Å². The van der Waals surface area contributed by atoms with Gasteiger partial charge in [-0.1, -0.05) is 51.8 Å². The second-order valence-corrected chi connectivity index (χ2v) is 8.94. The summed E-state index contributed by atoms with van der Waals surface area (Å²) < 4.78 is 5.56. The summed E-state index contributed by atoms with van der Waals surface area (Å²) in [6, 6.07) is 16.2. The molecule has 0 bridgehead atoms. The minimum atomic E-state index is 0.0799. The maximum atomic E-state index is 12.8. The van der Waals surface area contributed by atoms with Crippen LogP contribution in [0.25, 0.3) is 28.0 Å². The SMILES string of the molecule is CC(=O)c1c(-c2ccc(Cl)cc2)c2c3n(c(-c4ccc(Br)cc4)cn13)CCCC2. The zero-order valence-corrected chi connectivity index (χ0v) is 18.4. The molecule has 0 fully saturated rings. The van der Waals surface area contributed by atoms with E-state index >= 15 is 0 Å². The lowest BCUT2D eigenvalue weighted by Crippen LogP contribution is -2.00. The fourth-order valence-electron chi connectivity index (χ4n) is 4.51. The number of halogens is 2. The Hall–Kier alpha value is -2.30. The quantitative estimate of drug-likeness (QED) is 0.297. The minimum Gasteiger partial charge on any atom is -0.325 e. The predicted molar refractivity (Wildman–Crippen MR) is 122 cm³/mol. The normalized spacial score (nSPS) is 13.6. The van der Waals surface area contributed by atoms with E-state index in [1.54, 1.807) is 6.92 Å². The van der Waals surface area contributed by atoms with E-state index in [1.807, 2.05) is 24.3 Å². The number of Topliss-reactive ketones (excluding diaryl/α,β-unsaturated/α-hetero) is 1. The summed E-state index contributed by atoms with van der Waals surface area (Å²) in [7, 11) is 0. The van der Waals surface area contributed by atoms with E-state index in [-0.39, 0.29) is 5.78 Å². The number of ketones is 1. The molecule has 0 radical (unpaired) electrons. The largest absolute Gasteiger partial charge is 0.325 e. The van der Waals surface area contributed by atoms with Crippen LogP contribution in [0.1, 0.15) is 35.8 Å². The van der Waals surface area contributed by atoms with Crippen LogP contribution >= 0.6 is 27.5 Å². The summed E-state index contributed by atoms with van der Waals surface area (Å²) in [5.41, 5.74) is 7.59. The van der Waals surface area contributed by atoms with Crippen LogP contribution in [0.2, 0.25) is 5.02 Å². The number of nitrogens with zero attached hydrogens (tertiary/aromatic N) is 2. The van der Waals surface area contributed by atoms with Gasteiger partial charge < -0.3 is 4.57 Å². The van der Waals surface area contributed by atoms with E-state index in [4.69, 9.17) is 11.6 Å². The Labute approximate surface area is 183 Å². The molecule has 29 heavy (non-hydrogen) atoms. The lowest BCUT2D eigenvalue weighted by atomic mass is 9.97. The van der Waals surface area contributed by atoms with Crippen molar-refractivity contribution < 1.29 is 4.79 Å². The molecule has 0 atom stereocenters. The molecule has 1 aliphatic rings. The number of hydrogen-bond donors (Lipinski definition) is 0. The number of rotatable bonds is 3. The van der Waals surface area contributed by atoms with Gasteiger partial charge in [-0.3, -0.25) is 9.20 Å². The Bertz CT molecular complexity index is 1230. The van der Waals surface area contributed by atoms with Crippen molar-refractivity contribution >= 4 is 39.0 Å². The fourth-order valence-corrected chi connectivity index (χ4v) is 4.90. The van der Waals surface area contributed by atoms with Crippen molar-refractivity contribution in [2.24, 2.45) is 0 Å². The zero-order valence-electron chi connectivity index (χ0n) is 16.1. The molecule has 5 rings (SSSR count). The molecule has 3 nitrogen and oxygen atoms in total. The van der Waals surface area contributed by atoms with E-state index in [9.17, 15) is 4.79 Å². The molecule has 1 aliphatic heterocycles. The van der Waals surface area contributed by atoms with E-state index in [0.29, 0.717) is 5.02 Å². The molecule has 146 valence electrons. The predicted octanol–water partition coefficient (Wildman–Crippen LogP) is 7.03. The maximum absolute atomic E-state index is 12.8. The van der Waals surface area contributed by atoms with Crippen LogP contribution in [0.5, 0.6) is 0 Å². The first-order valence-corrected chi connectivity index (χ1v) is 11.0. The molecule has 2 aromatic heterocycles. The van der Waals surface area contributed by atoms with Crippen LogP contribution < -0.4 is 0 Å². The summed E-state index contributed by atoms with van der Waals surface area (Å²) in [5, 5.41) is 0.704. The molecule has 3 heterocycles. The van der Waals surface area contributed by atoms with E-state index < -0.39 is 0 Å². The Kier molecular flexibility index (Phi) is 4.64. The van der Waals surface area contributed by atoms with Crippen LogP contribution in [0, 0.1) is 0 Å². The Balaban J connectivity index is 1.84. The first kappa shape index (κ1) is 18.7. The van der Waals surface area contributed by atoms with Gasteiger partial charge in [-0.25, -0.2) is 0 Å². The summed E-state index contributed by atoms with van der Waals surface area (Å²) in [6.07, 6.45) is 5.33. The highest BCUT2D eigenvalue weighted by Crippen LogP contribution is 2.39. The third-order valence-corrected chi connectivity index (χ3v) is 6.52. The fraction of sp³-hybridized carbons (Fsp3) is 0.208. The molecule has 0 saturated carbocycles. The molecule has 5 heteroatoms. The third kappa shape index (κ3) is 3.06. The van der Waals surface area contributed by atoms with Gasteiger partial charge in [-0.05, 0) is 54.7 Å². The van der Waals surface area contributed by atoms with Gasteiger partial charge in [0.2, 0.25) is 0 Å². The molecule has 0 spiro atoms. The molecule has 2 aromatic carbocycles. The average molecular weight is 468 g/mol. The number of aromatic nitrogens is 2. The van der Waals surface area contributed by atoms with Gasteiger partial charge in [0.15, 0.2) is 5.78 Å². The molecule has 0 amide bonds. The highest BCUT2D eigenvalue weighted by atomic mass is 79.9. The van der Waals surface area contributed by atoms with Crippen molar-refractivity contribution in [2.45, 2.75) is 32.7 Å². The highest BCUT2D eigenvalue weighted by molar-refractivity contribution is 9.10. The number of carbonyl (C=O) groups is 1. The number of carbonyl (C=O) groups excluding carboxylic acids is 1. The summed E-state index contributed by atoms with van der Waals surface area (Å²) in [6.45, 7) is 2.61. The maximum Gasteiger partial charge on any atom is 0.177 e. The third-order valence-electron chi connectivity index (χ3n) is 5.74. The van der Waals surface area contributed by atoms with Crippen LogP contribution in [-0.2, 0) is 13.0 Å². The second kappa shape index (κ2) is 7.19. The first-order chi connectivity index (χ1) is 14.0. The van der Waals surface area contributed by atoms with Crippen molar-refractivity contribution in [1.82, 2.24) is 8.97 Å². The van der Waals surface area contributed by atoms with Crippen LogP contribution in [0.3, 0.4) is 0 Å². The van der Waals surface area contributed by atoms with Gasteiger partial charge in [-0.2, -0.15) is 0 Å². The van der Waals surface area contributed by atoms with Gasteiger partial charge in [-0.15, -0.1) is 0 Å². The van der Waals surface area contributed by atoms with Crippen LogP contribution in [0.15, 0.2) is 59.2 Å². The van der Waals surface area contributed by atoms with Crippen molar-refractivity contribution in [2.75, 3.05) is 0 Å². The second-order valence-electron chi connectivity index (χ2n) is 7.59. The smallest absolute Gasteiger partial charge is 0.177 e. The summed E-state index contributed by atoms with van der Waals surface area (Å²) >= 11 is 9.64. The van der Waals surface area contributed by atoms with Crippen molar-refractivity contribution in [1.29, 1.82) is 0 Å². The van der Waals surface area contributed by atoms with E-state index in [1.165, 1.54) is 5.56 Å². The number of benzene rings is 2. The molecule has 0 N–H and O–H groups in total. The Morgan fingerprint density at radius 3 is 2.38 bits per heavy atom. The highest BCUT2D eigenvalue weighted by Gasteiger charge is 2.27. The van der Waals surface area contributed by atoms with Crippen molar-refractivity contribution in [3.05, 3.63) is 75.5 Å². The molecular weight excluding hydrogens is 448 g/mol. The van der Waals surface area contributed by atoms with E-state index in [0.717, 1.165) is 64.0 Å². The molecule has 0 aliphatic carbocycles. The van der Waals surface area contributed by atoms with Crippen molar-refractivity contribution in [3.63, 3.8) is 0 Å². The summed E-state index contributed by atoms with van der Waals surface area (Å²) in [4.78, 5) is 12.8. The standard InChI is InChI=1S/C24H20BrClN2O/c1-15(29)23-22(17-7-11-19(26)12-8-17)20-4-2-3-13-27-21(14-28(23)24(20)27)16-5-9-18(25)10-6-16/h5-12,14H,2-4,13H2,1H3.